The Morgan fingerprint density at radius 3 is 2.88 bits per heavy atom. The van der Waals surface area contributed by atoms with Crippen molar-refractivity contribution >= 4 is 17.7 Å². The highest BCUT2D eigenvalue weighted by Crippen LogP contribution is 2.15. The first kappa shape index (κ1) is 19.1. The second-order valence-corrected chi connectivity index (χ2v) is 6.82. The van der Waals surface area contributed by atoms with Crippen LogP contribution in [-0.2, 0) is 9.47 Å². The normalized spacial score (nSPS) is 17.9. The molecular formula is C18H29N3O2S. The first-order valence-corrected chi connectivity index (χ1v) is 9.69. The number of hydrogen-bond donors (Lipinski definition) is 2. The number of nitrogens with zero attached hydrogens (tertiary/aromatic N) is 1. The molecule has 1 fully saturated rings. The third-order valence-electron chi connectivity index (χ3n) is 3.72. The maximum absolute atomic E-state index is 5.65. The van der Waals surface area contributed by atoms with E-state index in [-0.39, 0.29) is 0 Å². The molecule has 1 aromatic rings. The van der Waals surface area contributed by atoms with E-state index >= 15 is 0 Å². The summed E-state index contributed by atoms with van der Waals surface area (Å²) in [5.41, 5.74) is 0. The van der Waals surface area contributed by atoms with Gasteiger partial charge in [-0.25, -0.2) is 0 Å². The van der Waals surface area contributed by atoms with Crippen molar-refractivity contribution in [2.75, 3.05) is 45.7 Å². The van der Waals surface area contributed by atoms with Gasteiger partial charge in [-0.2, -0.15) is 0 Å². The number of nitrogens with one attached hydrogen (secondary N) is 2. The summed E-state index contributed by atoms with van der Waals surface area (Å²) in [5.74, 6) is 1.86. The van der Waals surface area contributed by atoms with Gasteiger partial charge in [0, 0.05) is 44.0 Å². The lowest BCUT2D eigenvalue weighted by Gasteiger charge is -2.13. The van der Waals surface area contributed by atoms with Crippen molar-refractivity contribution < 1.29 is 9.47 Å². The maximum atomic E-state index is 5.65. The number of ether oxygens (including phenoxy) is 2. The van der Waals surface area contributed by atoms with E-state index in [4.69, 9.17) is 9.47 Å². The standard InChI is InChI=1S/C18H29N3O2S/c1-19-18(21-11-14-24-17-8-3-2-4-9-17)20-10-6-12-22-15-16-7-5-13-23-16/h2-4,8-9,16H,5-7,10-15H2,1H3,(H2,19,20,21). The van der Waals surface area contributed by atoms with Crippen molar-refractivity contribution in [2.45, 2.75) is 30.3 Å². The number of aliphatic imine (C=N–C) groups is 1. The molecule has 1 saturated heterocycles. The molecule has 1 heterocycles. The molecule has 0 saturated carbocycles. The average molecular weight is 352 g/mol. The highest BCUT2D eigenvalue weighted by molar-refractivity contribution is 7.99. The van der Waals surface area contributed by atoms with Gasteiger partial charge in [0.2, 0.25) is 0 Å². The summed E-state index contributed by atoms with van der Waals surface area (Å²) < 4.78 is 11.2. The van der Waals surface area contributed by atoms with Crippen LogP contribution >= 0.6 is 11.8 Å². The molecule has 6 heteroatoms. The summed E-state index contributed by atoms with van der Waals surface area (Å²) in [6.07, 6.45) is 3.58. The van der Waals surface area contributed by atoms with E-state index in [9.17, 15) is 0 Å². The number of guanidine groups is 1. The molecule has 2 N–H and O–H groups in total. The van der Waals surface area contributed by atoms with E-state index in [1.54, 1.807) is 7.05 Å². The lowest BCUT2D eigenvalue weighted by Crippen LogP contribution is -2.39. The van der Waals surface area contributed by atoms with Crippen molar-refractivity contribution in [1.82, 2.24) is 10.6 Å². The van der Waals surface area contributed by atoms with Crippen molar-refractivity contribution in [1.29, 1.82) is 0 Å². The predicted octanol–water partition coefficient (Wildman–Crippen LogP) is 2.53. The van der Waals surface area contributed by atoms with Crippen LogP contribution in [0, 0.1) is 0 Å². The molecule has 5 nitrogen and oxygen atoms in total. The van der Waals surface area contributed by atoms with Crippen LogP contribution in [0.4, 0.5) is 0 Å². The summed E-state index contributed by atoms with van der Waals surface area (Å²) in [4.78, 5) is 5.53. The Labute approximate surface area is 149 Å². The predicted molar refractivity (Wildman–Crippen MR) is 101 cm³/mol. The molecule has 0 amide bonds. The van der Waals surface area contributed by atoms with Crippen molar-refractivity contribution in [2.24, 2.45) is 4.99 Å². The van der Waals surface area contributed by atoms with Gasteiger partial charge in [0.25, 0.3) is 0 Å². The summed E-state index contributed by atoms with van der Waals surface area (Å²) in [6.45, 7) is 4.11. The summed E-state index contributed by atoms with van der Waals surface area (Å²) in [6, 6.07) is 10.4. The van der Waals surface area contributed by atoms with Gasteiger partial charge in [0.15, 0.2) is 5.96 Å². The van der Waals surface area contributed by atoms with Crippen LogP contribution < -0.4 is 10.6 Å². The highest BCUT2D eigenvalue weighted by atomic mass is 32.2. The Bertz CT molecular complexity index is 465. The summed E-state index contributed by atoms with van der Waals surface area (Å²) >= 11 is 1.84. The topological polar surface area (TPSA) is 54.9 Å². The van der Waals surface area contributed by atoms with Gasteiger partial charge >= 0.3 is 0 Å². The molecule has 0 radical (unpaired) electrons. The second kappa shape index (κ2) is 12.2. The van der Waals surface area contributed by atoms with Crippen LogP contribution in [0.1, 0.15) is 19.3 Å². The third kappa shape index (κ3) is 8.04. The van der Waals surface area contributed by atoms with Gasteiger partial charge in [-0.1, -0.05) is 18.2 Å². The Balaban J connectivity index is 1.45. The molecule has 1 aliphatic heterocycles. The van der Waals surface area contributed by atoms with E-state index in [0.29, 0.717) is 6.10 Å². The molecule has 1 atom stereocenters. The maximum Gasteiger partial charge on any atom is 0.191 e. The molecule has 2 rings (SSSR count). The zero-order valence-electron chi connectivity index (χ0n) is 14.5. The fourth-order valence-electron chi connectivity index (χ4n) is 2.45. The van der Waals surface area contributed by atoms with Crippen molar-refractivity contribution in [3.05, 3.63) is 30.3 Å². The fraction of sp³-hybridized carbons (Fsp3) is 0.611. The van der Waals surface area contributed by atoms with E-state index < -0.39 is 0 Å². The molecule has 0 aromatic heterocycles. The SMILES string of the molecule is CN=C(NCCCOCC1CCCO1)NCCSc1ccccc1. The fourth-order valence-corrected chi connectivity index (χ4v) is 3.24. The minimum absolute atomic E-state index is 0.314. The van der Waals surface area contributed by atoms with Crippen molar-refractivity contribution in [3.63, 3.8) is 0 Å². The smallest absolute Gasteiger partial charge is 0.191 e. The number of rotatable bonds is 10. The lowest BCUT2D eigenvalue weighted by atomic mass is 10.2. The average Bonchev–Trinajstić information content (AvgIpc) is 3.14. The minimum Gasteiger partial charge on any atom is -0.379 e. The van der Waals surface area contributed by atoms with Gasteiger partial charge in [0.05, 0.1) is 12.7 Å². The zero-order chi connectivity index (χ0) is 16.9. The minimum atomic E-state index is 0.314. The Kier molecular flexibility index (Phi) is 9.68. The molecule has 24 heavy (non-hydrogen) atoms. The van der Waals surface area contributed by atoms with E-state index in [1.165, 1.54) is 11.3 Å². The molecular weight excluding hydrogens is 322 g/mol. The number of hydrogen-bond acceptors (Lipinski definition) is 4. The molecule has 0 bridgehead atoms. The quantitative estimate of drug-likeness (QED) is 0.294. The van der Waals surface area contributed by atoms with Crippen LogP contribution in [0.3, 0.4) is 0 Å². The van der Waals surface area contributed by atoms with E-state index in [0.717, 1.165) is 57.5 Å². The first-order chi connectivity index (χ1) is 11.9. The Hall–Kier alpha value is -1.24. The lowest BCUT2D eigenvalue weighted by molar-refractivity contribution is 0.0168. The third-order valence-corrected chi connectivity index (χ3v) is 4.73. The second-order valence-electron chi connectivity index (χ2n) is 5.65. The van der Waals surface area contributed by atoms with Crippen LogP contribution in [0.2, 0.25) is 0 Å². The van der Waals surface area contributed by atoms with Gasteiger partial charge in [-0.15, -0.1) is 11.8 Å². The van der Waals surface area contributed by atoms with Gasteiger partial charge in [0.1, 0.15) is 0 Å². The van der Waals surface area contributed by atoms with Crippen LogP contribution in [0.5, 0.6) is 0 Å². The van der Waals surface area contributed by atoms with Crippen LogP contribution in [0.25, 0.3) is 0 Å². The molecule has 0 aliphatic carbocycles. The molecule has 1 unspecified atom stereocenters. The van der Waals surface area contributed by atoms with E-state index in [1.807, 2.05) is 17.8 Å². The van der Waals surface area contributed by atoms with Crippen LogP contribution in [-0.4, -0.2) is 57.8 Å². The molecule has 1 aliphatic rings. The molecule has 1 aromatic carbocycles. The molecule has 134 valence electrons. The number of thioether (sulfide) groups is 1. The van der Waals surface area contributed by atoms with Gasteiger partial charge < -0.3 is 20.1 Å². The highest BCUT2D eigenvalue weighted by Gasteiger charge is 2.14. The first-order valence-electron chi connectivity index (χ1n) is 8.70. The Morgan fingerprint density at radius 1 is 1.29 bits per heavy atom. The van der Waals surface area contributed by atoms with Gasteiger partial charge in [-0.05, 0) is 31.4 Å². The summed E-state index contributed by atoms with van der Waals surface area (Å²) in [5, 5.41) is 6.65. The zero-order valence-corrected chi connectivity index (χ0v) is 15.3. The largest absolute Gasteiger partial charge is 0.379 e. The van der Waals surface area contributed by atoms with Crippen molar-refractivity contribution in [3.8, 4) is 0 Å². The van der Waals surface area contributed by atoms with Gasteiger partial charge in [-0.3, -0.25) is 4.99 Å². The summed E-state index contributed by atoms with van der Waals surface area (Å²) in [7, 11) is 1.80. The number of benzene rings is 1. The van der Waals surface area contributed by atoms with Crippen LogP contribution in [0.15, 0.2) is 40.2 Å². The molecule has 0 spiro atoms. The monoisotopic (exact) mass is 351 g/mol. The Morgan fingerprint density at radius 2 is 2.12 bits per heavy atom. The van der Waals surface area contributed by atoms with E-state index in [2.05, 4.69) is 39.9 Å².